The molecule has 0 saturated heterocycles. The molecule has 1 aromatic carbocycles. The van der Waals surface area contributed by atoms with Crippen LogP contribution >= 0.6 is 0 Å². The Morgan fingerprint density at radius 2 is 0.897 bits per heavy atom. The first kappa shape index (κ1) is 34.8. The van der Waals surface area contributed by atoms with Crippen molar-refractivity contribution in [2.75, 3.05) is 6.61 Å². The van der Waals surface area contributed by atoms with Gasteiger partial charge in [-0.2, -0.15) is 8.78 Å². The van der Waals surface area contributed by atoms with Crippen LogP contribution in [0.2, 0.25) is 0 Å². The van der Waals surface area contributed by atoms with Crippen LogP contribution < -0.4 is 4.74 Å². The van der Waals surface area contributed by atoms with Gasteiger partial charge in [0.15, 0.2) is 5.41 Å². The summed E-state index contributed by atoms with van der Waals surface area (Å²) in [6.07, 6.45) is 17.4. The molecule has 0 aromatic heterocycles. The van der Waals surface area contributed by atoms with Crippen LogP contribution in [0.4, 0.5) is 22.0 Å². The summed E-state index contributed by atoms with van der Waals surface area (Å²) in [4.78, 5) is 25.5. The summed E-state index contributed by atoms with van der Waals surface area (Å²) in [5, 5.41) is 0. The third kappa shape index (κ3) is 10.7. The topological polar surface area (TPSA) is 52.6 Å². The summed E-state index contributed by atoms with van der Waals surface area (Å²) < 4.78 is 78.0. The molecule has 0 atom stereocenters. The minimum Gasteiger partial charge on any atom is -0.465 e. The van der Waals surface area contributed by atoms with Gasteiger partial charge in [0.1, 0.15) is 0 Å². The Labute approximate surface area is 230 Å². The smallest absolute Gasteiger partial charge is 0.329 e. The molecule has 0 saturated carbocycles. The lowest BCUT2D eigenvalue weighted by Gasteiger charge is -2.27. The van der Waals surface area contributed by atoms with Crippen LogP contribution in [-0.2, 0) is 14.3 Å². The van der Waals surface area contributed by atoms with E-state index < -0.39 is 52.2 Å². The quantitative estimate of drug-likeness (QED) is 0.0284. The number of rotatable bonds is 21. The van der Waals surface area contributed by atoms with Crippen molar-refractivity contribution >= 4 is 11.9 Å². The second-order valence-electron chi connectivity index (χ2n) is 10.2. The van der Waals surface area contributed by atoms with Crippen molar-refractivity contribution in [2.45, 2.75) is 130 Å². The van der Waals surface area contributed by atoms with Gasteiger partial charge in [0.25, 0.3) is 0 Å². The second kappa shape index (κ2) is 19.0. The van der Waals surface area contributed by atoms with Gasteiger partial charge in [-0.3, -0.25) is 9.59 Å². The monoisotopic (exact) mass is 564 g/mol. The highest BCUT2D eigenvalue weighted by molar-refractivity contribution is 6.00. The van der Waals surface area contributed by atoms with Crippen LogP contribution in [0.5, 0.6) is 5.75 Å². The van der Waals surface area contributed by atoms with E-state index in [-0.39, 0.29) is 19.4 Å². The predicted molar refractivity (Wildman–Crippen MR) is 141 cm³/mol. The Morgan fingerprint density at radius 1 is 0.538 bits per heavy atom. The molecule has 0 fully saturated rings. The summed E-state index contributed by atoms with van der Waals surface area (Å²) >= 11 is 0. The SMILES string of the molecule is CCCCCCCCCCCCCCCCCOC(=O)C(CC)(CC)C(=O)Oc1c(F)c(F)c(F)c(F)c1F. The van der Waals surface area contributed by atoms with E-state index in [9.17, 15) is 31.5 Å². The van der Waals surface area contributed by atoms with E-state index in [1.165, 1.54) is 78.1 Å². The molecule has 0 N–H and O–H groups in total. The third-order valence-corrected chi connectivity index (χ3v) is 7.33. The molecule has 0 bridgehead atoms. The number of hydrogen-bond donors (Lipinski definition) is 0. The van der Waals surface area contributed by atoms with Crippen molar-refractivity contribution < 1.29 is 41.0 Å². The van der Waals surface area contributed by atoms with E-state index in [0.717, 1.165) is 25.7 Å². The lowest BCUT2D eigenvalue weighted by Crippen LogP contribution is -2.43. The van der Waals surface area contributed by atoms with Crippen LogP contribution in [0.3, 0.4) is 0 Å². The van der Waals surface area contributed by atoms with E-state index >= 15 is 0 Å². The van der Waals surface area contributed by atoms with Gasteiger partial charge in [0.2, 0.25) is 34.8 Å². The normalized spacial score (nSPS) is 11.6. The molecule has 4 nitrogen and oxygen atoms in total. The summed E-state index contributed by atoms with van der Waals surface area (Å²) in [5.41, 5.74) is -1.93. The lowest BCUT2D eigenvalue weighted by molar-refractivity contribution is -0.168. The Hall–Kier alpha value is -2.19. The van der Waals surface area contributed by atoms with Gasteiger partial charge in [-0.1, -0.05) is 111 Å². The van der Waals surface area contributed by atoms with Gasteiger partial charge in [0.05, 0.1) is 6.61 Å². The second-order valence-corrected chi connectivity index (χ2v) is 10.2. The highest BCUT2D eigenvalue weighted by Gasteiger charge is 2.47. The molecule has 0 heterocycles. The highest BCUT2D eigenvalue weighted by Crippen LogP contribution is 2.34. The van der Waals surface area contributed by atoms with Crippen molar-refractivity contribution in [3.8, 4) is 5.75 Å². The van der Waals surface area contributed by atoms with Gasteiger partial charge in [-0.25, -0.2) is 13.2 Å². The summed E-state index contributed by atoms with van der Waals surface area (Å²) in [6.45, 7) is 5.22. The molecule has 224 valence electrons. The van der Waals surface area contributed by atoms with E-state index in [0.29, 0.717) is 6.42 Å². The van der Waals surface area contributed by atoms with Crippen LogP contribution in [0, 0.1) is 34.5 Å². The van der Waals surface area contributed by atoms with Gasteiger partial charge < -0.3 is 9.47 Å². The van der Waals surface area contributed by atoms with Crippen molar-refractivity contribution in [1.29, 1.82) is 0 Å². The molecule has 0 amide bonds. The standard InChI is InChI=1S/C30H45F5O4/c1-4-7-8-9-10-11-12-13-14-15-16-17-18-19-20-21-38-28(36)30(5-2,6-3)29(37)39-27-25(34)23(32)22(31)24(33)26(27)35/h4-21H2,1-3H3. The number of unbranched alkanes of at least 4 members (excludes halogenated alkanes) is 14. The predicted octanol–water partition coefficient (Wildman–Crippen LogP) is 9.51. The van der Waals surface area contributed by atoms with Gasteiger partial charge in [-0.05, 0) is 19.3 Å². The van der Waals surface area contributed by atoms with E-state index in [4.69, 9.17) is 4.74 Å². The van der Waals surface area contributed by atoms with Crippen molar-refractivity contribution in [2.24, 2.45) is 5.41 Å². The molecule has 0 unspecified atom stereocenters. The Bertz CT molecular complexity index is 858. The van der Waals surface area contributed by atoms with Crippen molar-refractivity contribution in [1.82, 2.24) is 0 Å². The number of halogens is 5. The minimum atomic E-state index is -2.37. The van der Waals surface area contributed by atoms with E-state index in [2.05, 4.69) is 11.7 Å². The molecule has 0 spiro atoms. The van der Waals surface area contributed by atoms with Crippen molar-refractivity contribution in [3.05, 3.63) is 29.1 Å². The van der Waals surface area contributed by atoms with Gasteiger partial charge in [0, 0.05) is 0 Å². The molecule has 0 aliphatic rings. The maximum absolute atomic E-state index is 14.0. The molecule has 0 aliphatic heterocycles. The average molecular weight is 565 g/mol. The van der Waals surface area contributed by atoms with Crippen LogP contribution in [-0.4, -0.2) is 18.5 Å². The first-order valence-electron chi connectivity index (χ1n) is 14.6. The molecule has 1 rings (SSSR count). The first-order chi connectivity index (χ1) is 18.7. The van der Waals surface area contributed by atoms with Crippen LogP contribution in [0.25, 0.3) is 0 Å². The average Bonchev–Trinajstić information content (AvgIpc) is 2.93. The molecule has 9 heteroatoms. The third-order valence-electron chi connectivity index (χ3n) is 7.33. The van der Waals surface area contributed by atoms with E-state index in [1.807, 2.05) is 0 Å². The fourth-order valence-corrected chi connectivity index (χ4v) is 4.55. The summed E-state index contributed by atoms with van der Waals surface area (Å²) in [5.74, 6) is -15.6. The molecule has 39 heavy (non-hydrogen) atoms. The number of ether oxygens (including phenoxy) is 2. The number of carbonyl (C=O) groups excluding carboxylic acids is 2. The van der Waals surface area contributed by atoms with Gasteiger partial charge >= 0.3 is 11.9 Å². The maximum atomic E-state index is 14.0. The Balaban J connectivity index is 2.36. The van der Waals surface area contributed by atoms with Crippen molar-refractivity contribution in [3.63, 3.8) is 0 Å². The fourth-order valence-electron chi connectivity index (χ4n) is 4.55. The number of hydrogen-bond acceptors (Lipinski definition) is 4. The number of benzene rings is 1. The summed E-state index contributed by atoms with van der Waals surface area (Å²) in [7, 11) is 0. The zero-order valence-corrected chi connectivity index (χ0v) is 23.8. The highest BCUT2D eigenvalue weighted by atomic mass is 19.2. The van der Waals surface area contributed by atoms with E-state index in [1.54, 1.807) is 0 Å². The fraction of sp³-hybridized carbons (Fsp3) is 0.733. The summed E-state index contributed by atoms with van der Waals surface area (Å²) in [6, 6.07) is 0. The zero-order chi connectivity index (χ0) is 29.3. The Morgan fingerprint density at radius 3 is 1.28 bits per heavy atom. The van der Waals surface area contributed by atoms with Crippen LogP contribution in [0.1, 0.15) is 130 Å². The molecule has 0 radical (unpaired) electrons. The van der Waals surface area contributed by atoms with Gasteiger partial charge in [-0.15, -0.1) is 0 Å². The number of esters is 2. The maximum Gasteiger partial charge on any atom is 0.329 e. The first-order valence-corrected chi connectivity index (χ1v) is 14.6. The number of carbonyl (C=O) groups is 2. The molecule has 1 aromatic rings. The lowest BCUT2D eigenvalue weighted by atomic mass is 9.82. The van der Waals surface area contributed by atoms with Crippen LogP contribution in [0.15, 0.2) is 0 Å². The largest absolute Gasteiger partial charge is 0.465 e. The minimum absolute atomic E-state index is 0.0502. The molecular formula is C30H45F5O4. The molecule has 0 aliphatic carbocycles. The zero-order valence-electron chi connectivity index (χ0n) is 23.8. The molecular weight excluding hydrogens is 519 g/mol. The Kier molecular flexibility index (Phi) is 17.0.